The summed E-state index contributed by atoms with van der Waals surface area (Å²) >= 11 is 0. The van der Waals surface area contributed by atoms with E-state index < -0.39 is 0 Å². The van der Waals surface area contributed by atoms with Gasteiger partial charge in [-0.3, -0.25) is 9.69 Å². The number of hydrogen-bond acceptors (Lipinski definition) is 3. The molecule has 28 heavy (non-hydrogen) atoms. The van der Waals surface area contributed by atoms with Crippen molar-refractivity contribution >= 4 is 17.2 Å². The molecule has 0 aliphatic carbocycles. The maximum atomic E-state index is 13.5. The smallest absolute Gasteiger partial charge is 0.261 e. The fourth-order valence-electron chi connectivity index (χ4n) is 3.65. The molecule has 0 bridgehead atoms. The van der Waals surface area contributed by atoms with Crippen LogP contribution in [0.25, 0.3) is 5.57 Å². The lowest BCUT2D eigenvalue weighted by molar-refractivity contribution is -0.113. The third-order valence-electron chi connectivity index (χ3n) is 4.86. The number of para-hydroxylation sites is 1. The molecule has 140 valence electrons. The summed E-state index contributed by atoms with van der Waals surface area (Å²) in [5, 5.41) is 0. The van der Waals surface area contributed by atoms with Gasteiger partial charge in [-0.15, -0.1) is 0 Å². The van der Waals surface area contributed by atoms with E-state index in [1.165, 1.54) is 0 Å². The minimum atomic E-state index is -0.346. The van der Waals surface area contributed by atoms with Crippen LogP contribution < -0.4 is 15.4 Å². The fourth-order valence-corrected chi connectivity index (χ4v) is 3.65. The number of nitrogens with zero attached hydrogens (tertiary/aromatic N) is 1. The first-order valence-corrected chi connectivity index (χ1v) is 9.37. The fraction of sp³-hybridized carbons (Fsp3) is 0.125. The maximum absolute atomic E-state index is 13.5. The number of carbonyl (C=O) groups excluding carboxylic acids is 1. The summed E-state index contributed by atoms with van der Waals surface area (Å²) in [6.45, 7) is 2.50. The van der Waals surface area contributed by atoms with Crippen molar-refractivity contribution in [3.05, 3.63) is 102 Å². The van der Waals surface area contributed by atoms with Crippen molar-refractivity contribution < 1.29 is 9.53 Å². The first-order valence-electron chi connectivity index (χ1n) is 9.37. The Morgan fingerprint density at radius 2 is 1.61 bits per heavy atom. The molecule has 1 heterocycles. The van der Waals surface area contributed by atoms with E-state index in [9.17, 15) is 4.79 Å². The number of nitrogens with two attached hydrogens (primary N) is 1. The molecular weight excluding hydrogens is 348 g/mol. The average Bonchev–Trinajstić information content (AvgIpc) is 3.00. The van der Waals surface area contributed by atoms with Crippen LogP contribution in [0.1, 0.15) is 24.1 Å². The maximum Gasteiger partial charge on any atom is 0.261 e. The lowest BCUT2D eigenvalue weighted by Gasteiger charge is -2.26. The number of hydrogen-bond donors (Lipinski definition) is 1. The van der Waals surface area contributed by atoms with Crippen LogP contribution in [0.4, 0.5) is 5.69 Å². The summed E-state index contributed by atoms with van der Waals surface area (Å²) < 4.78 is 5.61. The van der Waals surface area contributed by atoms with E-state index in [1.54, 1.807) is 4.90 Å². The van der Waals surface area contributed by atoms with Crippen LogP contribution in [-0.4, -0.2) is 12.5 Å². The highest BCUT2D eigenvalue weighted by atomic mass is 16.5. The van der Waals surface area contributed by atoms with E-state index in [2.05, 4.69) is 0 Å². The molecule has 4 nitrogen and oxygen atoms in total. The molecule has 1 atom stereocenters. The summed E-state index contributed by atoms with van der Waals surface area (Å²) in [7, 11) is 0. The van der Waals surface area contributed by atoms with E-state index in [-0.39, 0.29) is 11.9 Å². The summed E-state index contributed by atoms with van der Waals surface area (Å²) in [6, 6.07) is 26.7. The van der Waals surface area contributed by atoms with Crippen molar-refractivity contribution in [1.82, 2.24) is 0 Å². The summed E-state index contributed by atoms with van der Waals surface area (Å²) in [4.78, 5) is 15.3. The number of benzene rings is 3. The lowest BCUT2D eigenvalue weighted by Crippen LogP contribution is -2.30. The predicted molar refractivity (Wildman–Crippen MR) is 112 cm³/mol. The van der Waals surface area contributed by atoms with Crippen molar-refractivity contribution in [3.8, 4) is 5.75 Å². The Labute approximate surface area is 164 Å². The summed E-state index contributed by atoms with van der Waals surface area (Å²) in [5.41, 5.74) is 10.3. The van der Waals surface area contributed by atoms with Crippen LogP contribution in [0.2, 0.25) is 0 Å². The van der Waals surface area contributed by atoms with Crippen molar-refractivity contribution in [2.75, 3.05) is 11.5 Å². The quantitative estimate of drug-likeness (QED) is 0.717. The topological polar surface area (TPSA) is 55.6 Å². The van der Waals surface area contributed by atoms with Gasteiger partial charge in [-0.25, -0.2) is 0 Å². The van der Waals surface area contributed by atoms with E-state index in [0.29, 0.717) is 17.9 Å². The Bertz CT molecular complexity index is 1010. The van der Waals surface area contributed by atoms with Crippen LogP contribution in [0, 0.1) is 0 Å². The van der Waals surface area contributed by atoms with Gasteiger partial charge >= 0.3 is 0 Å². The Balaban J connectivity index is 1.85. The van der Waals surface area contributed by atoms with Crippen LogP contribution >= 0.6 is 0 Å². The molecule has 0 aromatic heterocycles. The highest BCUT2D eigenvalue weighted by Gasteiger charge is 2.40. The monoisotopic (exact) mass is 370 g/mol. The van der Waals surface area contributed by atoms with Crippen LogP contribution in [0.3, 0.4) is 0 Å². The second kappa shape index (κ2) is 7.61. The van der Waals surface area contributed by atoms with Crippen LogP contribution in [0.5, 0.6) is 5.75 Å². The third-order valence-corrected chi connectivity index (χ3v) is 4.86. The molecule has 0 saturated heterocycles. The molecule has 3 aromatic rings. The van der Waals surface area contributed by atoms with Gasteiger partial charge in [0.25, 0.3) is 5.91 Å². The molecule has 1 amide bonds. The zero-order valence-electron chi connectivity index (χ0n) is 15.7. The number of carbonyl (C=O) groups is 1. The summed E-state index contributed by atoms with van der Waals surface area (Å²) in [5.74, 6) is 0.619. The summed E-state index contributed by atoms with van der Waals surface area (Å²) in [6.07, 6.45) is 0. The highest BCUT2D eigenvalue weighted by molar-refractivity contribution is 6.30. The van der Waals surface area contributed by atoms with Gasteiger partial charge in [-0.05, 0) is 42.3 Å². The Morgan fingerprint density at radius 3 is 2.29 bits per heavy atom. The number of amides is 1. The molecular formula is C24H22N2O2. The number of rotatable bonds is 5. The van der Waals surface area contributed by atoms with Crippen molar-refractivity contribution in [2.45, 2.75) is 13.0 Å². The number of anilines is 1. The van der Waals surface area contributed by atoms with Crippen molar-refractivity contribution in [1.29, 1.82) is 0 Å². The van der Waals surface area contributed by atoms with Gasteiger partial charge in [0.05, 0.1) is 12.2 Å². The van der Waals surface area contributed by atoms with Gasteiger partial charge in [0.2, 0.25) is 0 Å². The molecule has 4 heteroatoms. The predicted octanol–water partition coefficient (Wildman–Crippen LogP) is 4.54. The van der Waals surface area contributed by atoms with E-state index in [4.69, 9.17) is 10.5 Å². The molecule has 3 aromatic carbocycles. The van der Waals surface area contributed by atoms with E-state index in [1.807, 2.05) is 91.9 Å². The Morgan fingerprint density at radius 1 is 0.929 bits per heavy atom. The lowest BCUT2D eigenvalue weighted by atomic mass is 10.00. The third kappa shape index (κ3) is 3.14. The average molecular weight is 370 g/mol. The molecule has 0 radical (unpaired) electrons. The SMILES string of the molecule is CCOc1cccc(C2=C(N)C(c3ccccc3)N(c3ccccc3)C2=O)c1. The van der Waals surface area contributed by atoms with Gasteiger partial charge in [-0.2, -0.15) is 0 Å². The molecule has 0 fully saturated rings. The molecule has 2 N–H and O–H groups in total. The molecule has 0 saturated carbocycles. The van der Waals surface area contributed by atoms with Gasteiger partial charge in [0.1, 0.15) is 11.8 Å². The minimum Gasteiger partial charge on any atom is -0.494 e. The van der Waals surface area contributed by atoms with Gasteiger partial charge in [-0.1, -0.05) is 60.7 Å². The molecule has 1 aliphatic rings. The highest BCUT2D eigenvalue weighted by Crippen LogP contribution is 2.42. The largest absolute Gasteiger partial charge is 0.494 e. The molecule has 1 aliphatic heterocycles. The standard InChI is InChI=1S/C24H22N2O2/c1-2-28-20-15-9-12-18(16-20)21-22(25)23(17-10-5-3-6-11-17)26(24(21)27)19-13-7-4-8-14-19/h3-16,23H,2,25H2,1H3. The normalized spacial score (nSPS) is 16.5. The second-order valence-electron chi connectivity index (χ2n) is 6.62. The van der Waals surface area contributed by atoms with Gasteiger partial charge in [0.15, 0.2) is 0 Å². The molecule has 0 spiro atoms. The first-order chi connectivity index (χ1) is 13.7. The van der Waals surface area contributed by atoms with Crippen molar-refractivity contribution in [3.63, 3.8) is 0 Å². The first kappa shape index (κ1) is 17.9. The Kier molecular flexibility index (Phi) is 4.85. The van der Waals surface area contributed by atoms with Gasteiger partial charge < -0.3 is 10.5 Å². The van der Waals surface area contributed by atoms with E-state index >= 15 is 0 Å². The van der Waals surface area contributed by atoms with Gasteiger partial charge in [0, 0.05) is 11.4 Å². The van der Waals surface area contributed by atoms with Crippen LogP contribution in [0.15, 0.2) is 90.6 Å². The molecule has 4 rings (SSSR count). The second-order valence-corrected chi connectivity index (χ2v) is 6.62. The zero-order valence-corrected chi connectivity index (χ0v) is 15.7. The zero-order chi connectivity index (χ0) is 19.5. The number of ether oxygens (including phenoxy) is 1. The van der Waals surface area contributed by atoms with E-state index in [0.717, 1.165) is 22.6 Å². The van der Waals surface area contributed by atoms with Crippen LogP contribution in [-0.2, 0) is 4.79 Å². The Hall–Kier alpha value is -3.53. The van der Waals surface area contributed by atoms with Crippen molar-refractivity contribution in [2.24, 2.45) is 5.73 Å². The molecule has 1 unspecified atom stereocenters. The minimum absolute atomic E-state index is 0.105.